The monoisotopic (exact) mass is 627 g/mol. The van der Waals surface area contributed by atoms with E-state index in [9.17, 15) is 24.8 Å². The van der Waals surface area contributed by atoms with Gasteiger partial charge >= 0.3 is 11.9 Å². The summed E-state index contributed by atoms with van der Waals surface area (Å²) in [6.07, 6.45) is -0.0346. The van der Waals surface area contributed by atoms with Gasteiger partial charge in [0.1, 0.15) is 22.8 Å². The number of esters is 2. The van der Waals surface area contributed by atoms with E-state index >= 15 is 0 Å². The Morgan fingerprint density at radius 2 is 1.47 bits per heavy atom. The molecule has 9 nitrogen and oxygen atoms in total. The van der Waals surface area contributed by atoms with Gasteiger partial charge in [0.25, 0.3) is 5.09 Å². The average molecular weight is 628 g/mol. The predicted molar refractivity (Wildman–Crippen MR) is 157 cm³/mol. The first-order valence-electron chi connectivity index (χ1n) is 10.9. The van der Waals surface area contributed by atoms with Crippen molar-refractivity contribution >= 4 is 77.0 Å². The van der Waals surface area contributed by atoms with Gasteiger partial charge in [-0.05, 0) is 67.1 Å². The number of carbonyl (C=O) groups is 2. The molecule has 1 N–H and O–H groups in total. The second kappa shape index (κ2) is 12.2. The lowest BCUT2D eigenvalue weighted by Gasteiger charge is -2.40. The van der Waals surface area contributed by atoms with Gasteiger partial charge in [-0.15, -0.1) is 10.1 Å². The van der Waals surface area contributed by atoms with E-state index in [1.807, 2.05) is 24.3 Å². The van der Waals surface area contributed by atoms with Gasteiger partial charge in [-0.1, -0.05) is 57.7 Å². The summed E-state index contributed by atoms with van der Waals surface area (Å²) in [5.74, 6) is -0.865. The van der Waals surface area contributed by atoms with Crippen molar-refractivity contribution in [3.63, 3.8) is 0 Å². The summed E-state index contributed by atoms with van der Waals surface area (Å²) in [6.45, 7) is -0.237. The Balaban J connectivity index is 1.37. The van der Waals surface area contributed by atoms with Crippen LogP contribution in [0.3, 0.4) is 0 Å². The summed E-state index contributed by atoms with van der Waals surface area (Å²) in [4.78, 5) is 39.2. The predicted octanol–water partition coefficient (Wildman–Crippen LogP) is 5.56. The van der Waals surface area contributed by atoms with Gasteiger partial charge < -0.3 is 19.4 Å². The Kier molecular flexibility index (Phi) is 9.18. The molecule has 0 unspecified atom stereocenters. The summed E-state index contributed by atoms with van der Waals surface area (Å²) in [5, 5.41) is 20.7. The summed E-state index contributed by atoms with van der Waals surface area (Å²) < 4.78 is 6.84. The van der Waals surface area contributed by atoms with Crippen molar-refractivity contribution in [1.29, 1.82) is 0 Å². The molecule has 198 valence electrons. The lowest BCUT2D eigenvalue weighted by Crippen LogP contribution is -2.15. The average Bonchev–Trinajstić information content (AvgIpc) is 2.86. The van der Waals surface area contributed by atoms with Crippen LogP contribution in [0.5, 0.6) is 17.2 Å². The fourth-order valence-electron chi connectivity index (χ4n) is 3.23. The summed E-state index contributed by atoms with van der Waals surface area (Å²) in [6, 6.07) is 20.1. The van der Waals surface area contributed by atoms with E-state index in [4.69, 9.17) is 33.1 Å². The van der Waals surface area contributed by atoms with Crippen LogP contribution in [-0.4, -0.2) is 28.7 Å². The summed E-state index contributed by atoms with van der Waals surface area (Å²) >= 11 is 15.1. The molecule has 1 fully saturated rings. The maximum absolute atomic E-state index is 12.8. The van der Waals surface area contributed by atoms with Crippen LogP contribution in [0.1, 0.15) is 23.2 Å². The second-order valence-electron chi connectivity index (χ2n) is 7.69. The number of hydrogen-bond acceptors (Lipinski definition) is 12. The number of rotatable bonds is 10. The van der Waals surface area contributed by atoms with E-state index in [2.05, 4.69) is 4.84 Å². The molecule has 0 radical (unpaired) electrons. The van der Waals surface area contributed by atoms with Crippen molar-refractivity contribution in [3.8, 4) is 17.2 Å². The van der Waals surface area contributed by atoms with Gasteiger partial charge in [0.15, 0.2) is 0 Å². The third-order valence-electron chi connectivity index (χ3n) is 5.01. The van der Waals surface area contributed by atoms with Crippen LogP contribution < -0.4 is 20.1 Å². The highest BCUT2D eigenvalue weighted by atomic mass is 33.7. The molecule has 0 saturated carbocycles. The molecule has 0 aliphatic carbocycles. The SMILES string of the molecule is O=C(CCCO[N+](=O)[O-])Oc1ccccc1C(=O)Oc1ccc(P2(=S)SP(=S)(c3ccc(O)cc3)S2)cc1. The molecule has 0 atom stereocenters. The van der Waals surface area contributed by atoms with Crippen molar-refractivity contribution in [2.24, 2.45) is 0 Å². The Hall–Kier alpha value is -2.40. The fraction of sp³-hybridized carbons (Fsp3) is 0.130. The number of benzene rings is 3. The molecule has 3 aromatic carbocycles. The third kappa shape index (κ3) is 6.97. The highest BCUT2D eigenvalue weighted by Gasteiger charge is 2.45. The molecule has 1 aliphatic rings. The first kappa shape index (κ1) is 28.6. The second-order valence-corrected chi connectivity index (χ2v) is 29.0. The molecule has 3 aromatic rings. The molecular formula is C23H19NO8P2S4. The number of ether oxygens (including phenoxy) is 2. The lowest BCUT2D eigenvalue weighted by molar-refractivity contribution is -0.757. The summed E-state index contributed by atoms with van der Waals surface area (Å²) in [7, 11) is 0. The number of aromatic hydroxyl groups is 1. The van der Waals surface area contributed by atoms with Crippen LogP contribution in [0.2, 0.25) is 0 Å². The fourth-order valence-corrected chi connectivity index (χ4v) is 45.5. The number of phenols is 1. The minimum absolute atomic E-state index is 0.0204. The molecular weight excluding hydrogens is 608 g/mol. The zero-order chi connectivity index (χ0) is 27.3. The van der Waals surface area contributed by atoms with Crippen molar-refractivity contribution in [3.05, 3.63) is 88.5 Å². The topological polar surface area (TPSA) is 125 Å². The Labute approximate surface area is 235 Å². The Bertz CT molecular complexity index is 1450. The molecule has 0 spiro atoms. The van der Waals surface area contributed by atoms with E-state index in [-0.39, 0.29) is 36.5 Å². The van der Waals surface area contributed by atoms with E-state index in [0.717, 1.165) is 10.6 Å². The van der Waals surface area contributed by atoms with Gasteiger partial charge in [-0.3, -0.25) is 4.79 Å². The zero-order valence-electron chi connectivity index (χ0n) is 19.3. The number of hydrogen-bond donors (Lipinski definition) is 1. The number of para-hydroxylation sites is 1. The molecule has 0 amide bonds. The zero-order valence-corrected chi connectivity index (χ0v) is 24.4. The Morgan fingerprint density at radius 1 is 0.895 bits per heavy atom. The molecule has 38 heavy (non-hydrogen) atoms. The van der Waals surface area contributed by atoms with E-state index in [1.165, 1.54) is 12.1 Å². The van der Waals surface area contributed by atoms with Crippen LogP contribution in [0.15, 0.2) is 72.8 Å². The number of carbonyl (C=O) groups excluding carboxylic acids is 2. The van der Waals surface area contributed by atoms with Crippen LogP contribution in [-0.2, 0) is 33.2 Å². The number of nitrogens with zero attached hydrogens (tertiary/aromatic N) is 1. The van der Waals surface area contributed by atoms with E-state index in [1.54, 1.807) is 58.4 Å². The van der Waals surface area contributed by atoms with Crippen LogP contribution in [0.4, 0.5) is 0 Å². The first-order valence-corrected chi connectivity index (χ1v) is 20.6. The van der Waals surface area contributed by atoms with Gasteiger partial charge in [0.05, 0.1) is 15.5 Å². The normalized spacial score (nSPS) is 20.1. The molecule has 1 aliphatic heterocycles. The lowest BCUT2D eigenvalue weighted by atomic mass is 10.2. The largest absolute Gasteiger partial charge is 0.508 e. The van der Waals surface area contributed by atoms with E-state index in [0.29, 0.717) is 5.75 Å². The van der Waals surface area contributed by atoms with Crippen molar-refractivity contribution in [2.45, 2.75) is 12.8 Å². The third-order valence-corrected chi connectivity index (χ3v) is 36.2. The standard InChI is InChI=1S/C23H19NO8P2S4/c25-16-7-11-18(12-8-16)33(35)37-34(36,38-33)19-13-9-17(10-14-19)31-23(27)20-4-1-2-5-21(20)32-22(26)6-3-15-30-24(28)29/h1-2,4-5,7-14,25H,3,6,15H2. The summed E-state index contributed by atoms with van der Waals surface area (Å²) in [5.41, 5.74) is 0.0541. The van der Waals surface area contributed by atoms with Gasteiger partial charge in [-0.2, -0.15) is 0 Å². The molecule has 4 rings (SSSR count). The van der Waals surface area contributed by atoms with E-state index < -0.39 is 25.9 Å². The van der Waals surface area contributed by atoms with Crippen molar-refractivity contribution in [1.82, 2.24) is 0 Å². The van der Waals surface area contributed by atoms with Crippen LogP contribution in [0.25, 0.3) is 0 Å². The Morgan fingerprint density at radius 3 is 2.08 bits per heavy atom. The number of phenolic OH excluding ortho intramolecular Hbond substituents is 1. The van der Waals surface area contributed by atoms with Gasteiger partial charge in [0, 0.05) is 17.0 Å². The maximum Gasteiger partial charge on any atom is 0.347 e. The van der Waals surface area contributed by atoms with Crippen molar-refractivity contribution < 1.29 is 34.1 Å². The van der Waals surface area contributed by atoms with Crippen LogP contribution >= 0.6 is 30.9 Å². The molecule has 0 bridgehead atoms. The molecule has 15 heteroatoms. The molecule has 1 saturated heterocycles. The smallest absolute Gasteiger partial charge is 0.347 e. The maximum atomic E-state index is 12.8. The van der Waals surface area contributed by atoms with Crippen LogP contribution in [0, 0.1) is 10.1 Å². The molecule has 0 aromatic heterocycles. The highest BCUT2D eigenvalue weighted by molar-refractivity contribution is 9.48. The quantitative estimate of drug-likeness (QED) is 0.0756. The molecule has 1 heterocycles. The minimum Gasteiger partial charge on any atom is -0.508 e. The minimum atomic E-state index is -1.99. The van der Waals surface area contributed by atoms with Gasteiger partial charge in [0.2, 0.25) is 0 Å². The van der Waals surface area contributed by atoms with Gasteiger partial charge in [-0.25, -0.2) is 4.79 Å². The highest BCUT2D eigenvalue weighted by Crippen LogP contribution is 3.04. The first-order chi connectivity index (χ1) is 18.1. The van der Waals surface area contributed by atoms with Crippen molar-refractivity contribution in [2.75, 3.05) is 6.61 Å².